The summed E-state index contributed by atoms with van der Waals surface area (Å²) < 4.78 is 37.4. The molecule has 1 aromatic rings. The molecular weight excluding hydrogens is 271 g/mol. The molecule has 0 aromatic heterocycles. The predicted molar refractivity (Wildman–Crippen MR) is 73.2 cm³/mol. The van der Waals surface area contributed by atoms with Gasteiger partial charge < -0.3 is 0 Å². The molecule has 19 heavy (non-hydrogen) atoms. The van der Waals surface area contributed by atoms with Crippen LogP contribution >= 0.6 is 11.8 Å². The fourth-order valence-electron chi connectivity index (χ4n) is 2.25. The topological polar surface area (TPSA) is 3.24 Å². The highest BCUT2D eigenvalue weighted by Crippen LogP contribution is 2.30. The van der Waals surface area contributed by atoms with Gasteiger partial charge in [-0.2, -0.15) is 24.9 Å². The van der Waals surface area contributed by atoms with E-state index in [4.69, 9.17) is 0 Å². The Hall–Kier alpha value is -0.680. The Morgan fingerprint density at radius 1 is 1.21 bits per heavy atom. The largest absolute Gasteiger partial charge is 0.416 e. The van der Waals surface area contributed by atoms with Crippen LogP contribution in [0.3, 0.4) is 0 Å². The highest BCUT2D eigenvalue weighted by molar-refractivity contribution is 8.00. The van der Waals surface area contributed by atoms with Crippen LogP contribution in [-0.2, 0) is 12.7 Å². The number of benzene rings is 1. The maximum absolute atomic E-state index is 12.5. The van der Waals surface area contributed by atoms with Crippen molar-refractivity contribution >= 4 is 11.8 Å². The van der Waals surface area contributed by atoms with Gasteiger partial charge in [0.15, 0.2) is 0 Å². The average Bonchev–Trinajstić information content (AvgIpc) is 2.35. The highest BCUT2D eigenvalue weighted by atomic mass is 32.2. The first-order chi connectivity index (χ1) is 8.88. The van der Waals surface area contributed by atoms with Gasteiger partial charge in [-0.15, -0.1) is 0 Å². The zero-order valence-electron chi connectivity index (χ0n) is 11.1. The minimum atomic E-state index is -4.25. The van der Waals surface area contributed by atoms with Crippen LogP contribution in [0.15, 0.2) is 24.3 Å². The molecule has 0 N–H and O–H groups in total. The third-order valence-corrected chi connectivity index (χ3v) is 5.02. The molecule has 1 aliphatic rings. The third kappa shape index (κ3) is 3.66. The third-order valence-electron chi connectivity index (χ3n) is 3.68. The predicted octanol–water partition coefficient (Wildman–Crippen LogP) is 4.03. The summed E-state index contributed by atoms with van der Waals surface area (Å²) in [5, 5.41) is 0.572. The summed E-state index contributed by atoms with van der Waals surface area (Å²) in [5.41, 5.74) is 0.366. The number of nitrogens with zero attached hydrogens (tertiary/aromatic N) is 1. The first kappa shape index (κ1) is 14.7. The van der Waals surface area contributed by atoms with Gasteiger partial charge in [0.05, 0.1) is 5.56 Å². The lowest BCUT2D eigenvalue weighted by molar-refractivity contribution is -0.137. The van der Waals surface area contributed by atoms with E-state index in [0.717, 1.165) is 24.4 Å². The lowest BCUT2D eigenvalue weighted by Crippen LogP contribution is -2.43. The molecule has 2 unspecified atom stereocenters. The molecule has 0 bridgehead atoms. The van der Waals surface area contributed by atoms with Gasteiger partial charge in [0.25, 0.3) is 0 Å². The second kappa shape index (κ2) is 5.75. The molecule has 0 amide bonds. The summed E-state index contributed by atoms with van der Waals surface area (Å²) in [6.07, 6.45) is -4.25. The van der Waals surface area contributed by atoms with Gasteiger partial charge in [0, 0.05) is 30.1 Å². The van der Waals surface area contributed by atoms with Gasteiger partial charge in [-0.05, 0) is 24.6 Å². The molecule has 106 valence electrons. The molecule has 1 fully saturated rings. The lowest BCUT2D eigenvalue weighted by atomic mass is 10.1. The van der Waals surface area contributed by atoms with Gasteiger partial charge in [0.2, 0.25) is 0 Å². The highest BCUT2D eigenvalue weighted by Gasteiger charge is 2.30. The minimum Gasteiger partial charge on any atom is -0.295 e. The van der Waals surface area contributed by atoms with Crippen LogP contribution < -0.4 is 0 Å². The molecular formula is C14H18F3NS. The van der Waals surface area contributed by atoms with Crippen LogP contribution in [0.2, 0.25) is 0 Å². The lowest BCUT2D eigenvalue weighted by Gasteiger charge is -2.37. The first-order valence-electron chi connectivity index (χ1n) is 6.39. The van der Waals surface area contributed by atoms with E-state index in [2.05, 4.69) is 18.7 Å². The van der Waals surface area contributed by atoms with Crippen molar-refractivity contribution in [2.75, 3.05) is 12.3 Å². The number of hydrogen-bond donors (Lipinski definition) is 0. The van der Waals surface area contributed by atoms with E-state index in [1.54, 1.807) is 12.1 Å². The fraction of sp³-hybridized carbons (Fsp3) is 0.571. The molecule has 1 aromatic carbocycles. The Morgan fingerprint density at radius 3 is 2.42 bits per heavy atom. The van der Waals surface area contributed by atoms with E-state index in [1.165, 1.54) is 12.1 Å². The molecule has 0 spiro atoms. The number of alkyl halides is 3. The summed E-state index contributed by atoms with van der Waals surface area (Å²) >= 11 is 1.96. The van der Waals surface area contributed by atoms with Crippen LogP contribution in [0.1, 0.15) is 25.0 Å². The molecule has 1 saturated heterocycles. The molecule has 1 heterocycles. The van der Waals surface area contributed by atoms with Crippen molar-refractivity contribution in [1.82, 2.24) is 4.90 Å². The minimum absolute atomic E-state index is 0.459. The maximum Gasteiger partial charge on any atom is 0.416 e. The van der Waals surface area contributed by atoms with Crippen molar-refractivity contribution in [3.8, 4) is 0 Å². The van der Waals surface area contributed by atoms with Crippen LogP contribution in [0, 0.1) is 0 Å². The van der Waals surface area contributed by atoms with Gasteiger partial charge in [0.1, 0.15) is 0 Å². The molecule has 1 aliphatic heterocycles. The van der Waals surface area contributed by atoms with E-state index < -0.39 is 11.7 Å². The van der Waals surface area contributed by atoms with Crippen LogP contribution in [0.4, 0.5) is 13.2 Å². The van der Waals surface area contributed by atoms with Crippen molar-refractivity contribution in [2.45, 2.75) is 37.9 Å². The normalized spacial score (nSPS) is 25.5. The van der Waals surface area contributed by atoms with E-state index >= 15 is 0 Å². The quantitative estimate of drug-likeness (QED) is 0.808. The molecule has 0 saturated carbocycles. The van der Waals surface area contributed by atoms with E-state index in [9.17, 15) is 13.2 Å². The van der Waals surface area contributed by atoms with Crippen molar-refractivity contribution in [3.05, 3.63) is 35.4 Å². The van der Waals surface area contributed by atoms with Crippen LogP contribution in [0.25, 0.3) is 0 Å². The summed E-state index contributed by atoms with van der Waals surface area (Å²) in [7, 11) is 0. The number of halogens is 3. The Balaban J connectivity index is 2.03. The summed E-state index contributed by atoms with van der Waals surface area (Å²) in [5.74, 6) is 1.09. The van der Waals surface area contributed by atoms with Crippen LogP contribution in [0.5, 0.6) is 0 Å². The van der Waals surface area contributed by atoms with E-state index in [-0.39, 0.29) is 0 Å². The molecule has 0 aliphatic carbocycles. The zero-order valence-corrected chi connectivity index (χ0v) is 11.9. The van der Waals surface area contributed by atoms with Gasteiger partial charge in [-0.3, -0.25) is 4.90 Å². The van der Waals surface area contributed by atoms with Crippen molar-refractivity contribution in [2.24, 2.45) is 0 Å². The summed E-state index contributed by atoms with van der Waals surface area (Å²) in [6, 6.07) is 5.97. The SMILES string of the molecule is CC1SCCN(Cc2ccc(C(F)(F)F)cc2)C1C. The summed E-state index contributed by atoms with van der Waals surface area (Å²) in [6.45, 7) is 6.11. The fourth-order valence-corrected chi connectivity index (χ4v) is 3.41. The molecule has 1 nitrogen and oxygen atoms in total. The van der Waals surface area contributed by atoms with Gasteiger partial charge in [-0.25, -0.2) is 0 Å². The number of rotatable bonds is 2. The first-order valence-corrected chi connectivity index (χ1v) is 7.44. The van der Waals surface area contributed by atoms with Gasteiger partial charge >= 0.3 is 6.18 Å². The van der Waals surface area contributed by atoms with E-state index in [0.29, 0.717) is 11.3 Å². The molecule has 0 radical (unpaired) electrons. The second-order valence-corrected chi connectivity index (χ2v) is 6.47. The summed E-state index contributed by atoms with van der Waals surface area (Å²) in [4.78, 5) is 2.34. The Kier molecular flexibility index (Phi) is 4.46. The maximum atomic E-state index is 12.5. The Labute approximate surface area is 116 Å². The smallest absolute Gasteiger partial charge is 0.295 e. The molecule has 2 rings (SSSR count). The van der Waals surface area contributed by atoms with Crippen LogP contribution in [-0.4, -0.2) is 28.5 Å². The Bertz CT molecular complexity index is 416. The zero-order chi connectivity index (χ0) is 14.0. The van der Waals surface area contributed by atoms with Crippen molar-refractivity contribution in [1.29, 1.82) is 0 Å². The van der Waals surface area contributed by atoms with Crippen molar-refractivity contribution in [3.63, 3.8) is 0 Å². The van der Waals surface area contributed by atoms with Gasteiger partial charge in [-0.1, -0.05) is 19.1 Å². The second-order valence-electron chi connectivity index (χ2n) is 4.98. The number of thioether (sulfide) groups is 1. The van der Waals surface area contributed by atoms with Crippen molar-refractivity contribution < 1.29 is 13.2 Å². The molecule has 5 heteroatoms. The molecule has 2 atom stereocenters. The van der Waals surface area contributed by atoms with E-state index in [1.807, 2.05) is 11.8 Å². The standard InChI is InChI=1S/C14H18F3NS/c1-10-11(2)19-8-7-18(10)9-12-3-5-13(6-4-12)14(15,16)17/h3-6,10-11H,7-9H2,1-2H3. The monoisotopic (exact) mass is 289 g/mol. The average molecular weight is 289 g/mol. The Morgan fingerprint density at radius 2 is 1.84 bits per heavy atom. The number of hydrogen-bond acceptors (Lipinski definition) is 2.